The number of hydrogen-bond acceptors (Lipinski definition) is 6. The van der Waals surface area contributed by atoms with E-state index in [1.807, 2.05) is 0 Å². The zero-order chi connectivity index (χ0) is 20.9. The number of hydrogen-bond donors (Lipinski definition) is 2. The summed E-state index contributed by atoms with van der Waals surface area (Å²) in [5.74, 6) is -5.29. The molecule has 0 heterocycles. The Hall–Kier alpha value is -1.97. The van der Waals surface area contributed by atoms with Crippen molar-refractivity contribution in [1.29, 1.82) is 0 Å². The Kier molecular flexibility index (Phi) is 7.96. The summed E-state index contributed by atoms with van der Waals surface area (Å²) in [7, 11) is 0. The molecule has 0 rings (SSSR count). The van der Waals surface area contributed by atoms with Gasteiger partial charge < -0.3 is 20.3 Å². The Morgan fingerprint density at radius 2 is 1.38 bits per heavy atom. The largest absolute Gasteiger partial charge is 0.480 e. The fraction of sp³-hybridized carbons (Fsp3) is 0.812. The maximum atomic E-state index is 13.9. The second kappa shape index (κ2) is 8.61. The molecular weight excluding hydrogens is 354 g/mol. The summed E-state index contributed by atoms with van der Waals surface area (Å²) < 4.78 is 37.8. The smallest absolute Gasteiger partial charge is 0.420 e. The lowest BCUT2D eigenvalue weighted by molar-refractivity contribution is -0.147. The first-order valence-corrected chi connectivity index (χ1v) is 8.05. The molecule has 0 spiro atoms. The predicted octanol–water partition coefficient (Wildman–Crippen LogP) is 2.99. The molecule has 0 aromatic carbocycles. The number of imide groups is 1. The highest BCUT2D eigenvalue weighted by Gasteiger charge is 2.45. The molecule has 26 heavy (non-hydrogen) atoms. The predicted molar refractivity (Wildman–Crippen MR) is 89.0 cm³/mol. The van der Waals surface area contributed by atoms with E-state index in [9.17, 15) is 28.3 Å². The summed E-state index contributed by atoms with van der Waals surface area (Å²) >= 11 is 0. The first kappa shape index (κ1) is 24.0. The zero-order valence-corrected chi connectivity index (χ0v) is 16.0. The van der Waals surface area contributed by atoms with Crippen molar-refractivity contribution in [2.45, 2.75) is 77.6 Å². The van der Waals surface area contributed by atoms with Crippen LogP contribution in [0.1, 0.15) is 54.4 Å². The Bertz CT molecular complexity index is 498. The Morgan fingerprint density at radius 3 is 1.65 bits per heavy atom. The number of aliphatic carboxylic acids is 1. The van der Waals surface area contributed by atoms with Gasteiger partial charge in [-0.3, -0.25) is 0 Å². The van der Waals surface area contributed by atoms with Gasteiger partial charge in [0, 0.05) is 12.8 Å². The number of halogens is 2. The first-order chi connectivity index (χ1) is 11.5. The first-order valence-electron chi connectivity index (χ1n) is 8.05. The number of carboxylic acid groups (broad SMARTS) is 1. The summed E-state index contributed by atoms with van der Waals surface area (Å²) in [5.41, 5.74) is 2.94. The van der Waals surface area contributed by atoms with Crippen LogP contribution in [0.4, 0.5) is 18.4 Å². The molecule has 0 saturated carbocycles. The van der Waals surface area contributed by atoms with Gasteiger partial charge in [0.15, 0.2) is 0 Å². The molecule has 8 nitrogen and oxygen atoms in total. The average molecular weight is 382 g/mol. The van der Waals surface area contributed by atoms with Gasteiger partial charge in [0.05, 0.1) is 0 Å². The topological polar surface area (TPSA) is 119 Å². The van der Waals surface area contributed by atoms with Crippen molar-refractivity contribution in [3.8, 4) is 0 Å². The van der Waals surface area contributed by atoms with Crippen molar-refractivity contribution in [3.05, 3.63) is 0 Å². The lowest BCUT2D eigenvalue weighted by atomic mass is 10.0. The molecular formula is C16H28F2N2O6. The molecule has 0 aliphatic heterocycles. The highest BCUT2D eigenvalue weighted by atomic mass is 19.3. The number of rotatable bonds is 6. The fourth-order valence-corrected chi connectivity index (χ4v) is 1.84. The molecule has 0 aromatic heterocycles. The number of nitrogens with two attached hydrogens (primary N) is 1. The van der Waals surface area contributed by atoms with E-state index in [-0.39, 0.29) is 4.90 Å². The normalized spacial score (nSPS) is 13.7. The summed E-state index contributed by atoms with van der Waals surface area (Å²) in [6.45, 7) is 8.51. The Labute approximate surface area is 151 Å². The number of carbonyl (C=O) groups is 3. The van der Waals surface area contributed by atoms with Gasteiger partial charge in [-0.15, -0.1) is 0 Å². The molecule has 0 aliphatic carbocycles. The molecule has 3 N–H and O–H groups in total. The van der Waals surface area contributed by atoms with Crippen LogP contribution in [-0.4, -0.2) is 57.9 Å². The van der Waals surface area contributed by atoms with Crippen molar-refractivity contribution < 1.29 is 37.7 Å². The van der Waals surface area contributed by atoms with Gasteiger partial charge in [0.1, 0.15) is 17.2 Å². The van der Waals surface area contributed by atoms with Crippen LogP contribution >= 0.6 is 0 Å². The molecule has 1 atom stereocenters. The van der Waals surface area contributed by atoms with E-state index < -0.39 is 60.7 Å². The van der Waals surface area contributed by atoms with Crippen LogP contribution in [-0.2, 0) is 14.3 Å². The molecule has 0 fully saturated rings. The molecule has 0 aromatic rings. The van der Waals surface area contributed by atoms with E-state index in [0.29, 0.717) is 0 Å². The zero-order valence-electron chi connectivity index (χ0n) is 16.0. The van der Waals surface area contributed by atoms with E-state index in [4.69, 9.17) is 15.2 Å². The van der Waals surface area contributed by atoms with Gasteiger partial charge >= 0.3 is 18.2 Å². The molecule has 0 bridgehead atoms. The minimum atomic E-state index is -3.50. The van der Waals surface area contributed by atoms with Crippen molar-refractivity contribution in [3.63, 3.8) is 0 Å². The number of carboxylic acids is 1. The third-order valence-corrected chi connectivity index (χ3v) is 2.78. The highest BCUT2D eigenvalue weighted by molar-refractivity contribution is 5.93. The quantitative estimate of drug-likeness (QED) is 0.725. The third kappa shape index (κ3) is 8.93. The van der Waals surface area contributed by atoms with Crippen molar-refractivity contribution in [1.82, 2.24) is 4.90 Å². The van der Waals surface area contributed by atoms with Crippen LogP contribution < -0.4 is 5.73 Å². The van der Waals surface area contributed by atoms with Crippen molar-refractivity contribution in [2.75, 3.05) is 6.54 Å². The van der Waals surface area contributed by atoms with Crippen LogP contribution in [0.3, 0.4) is 0 Å². The van der Waals surface area contributed by atoms with Gasteiger partial charge in [0.2, 0.25) is 0 Å². The van der Waals surface area contributed by atoms with Gasteiger partial charge in [-0.05, 0) is 48.1 Å². The lowest BCUT2D eigenvalue weighted by Crippen LogP contribution is -2.53. The van der Waals surface area contributed by atoms with Crippen molar-refractivity contribution >= 4 is 18.2 Å². The minimum absolute atomic E-state index is 0.0727. The third-order valence-electron chi connectivity index (χ3n) is 2.78. The molecule has 0 unspecified atom stereocenters. The average Bonchev–Trinajstić information content (AvgIpc) is 2.32. The van der Waals surface area contributed by atoms with Crippen molar-refractivity contribution in [2.24, 2.45) is 5.73 Å². The second-order valence-electron chi connectivity index (χ2n) is 7.78. The maximum absolute atomic E-state index is 13.9. The fourth-order valence-electron chi connectivity index (χ4n) is 1.84. The Balaban J connectivity index is 5.85. The van der Waals surface area contributed by atoms with E-state index in [0.717, 1.165) is 0 Å². The number of nitrogens with zero attached hydrogens (tertiary/aromatic N) is 1. The number of alkyl halides is 2. The SMILES string of the molecule is CC(C)(C)OC(=O)N(C(=O)OC(C)(C)C)[C@@H](CC(F)(F)CCN)C(=O)O. The summed E-state index contributed by atoms with van der Waals surface area (Å²) in [6, 6.07) is -2.18. The summed E-state index contributed by atoms with van der Waals surface area (Å²) in [4.78, 5) is 36.3. The number of ether oxygens (including phenoxy) is 2. The van der Waals surface area contributed by atoms with Crippen LogP contribution in [0.5, 0.6) is 0 Å². The van der Waals surface area contributed by atoms with Crippen LogP contribution in [0.2, 0.25) is 0 Å². The van der Waals surface area contributed by atoms with Gasteiger partial charge in [0.25, 0.3) is 5.92 Å². The molecule has 0 radical (unpaired) electrons. The lowest BCUT2D eigenvalue weighted by Gasteiger charge is -2.32. The van der Waals surface area contributed by atoms with E-state index in [1.165, 1.54) is 41.5 Å². The van der Waals surface area contributed by atoms with Gasteiger partial charge in [-0.1, -0.05) is 0 Å². The van der Waals surface area contributed by atoms with Gasteiger partial charge in [-0.25, -0.2) is 23.2 Å². The van der Waals surface area contributed by atoms with E-state index >= 15 is 0 Å². The minimum Gasteiger partial charge on any atom is -0.480 e. The molecule has 10 heteroatoms. The standard InChI is InChI=1S/C16H28F2N2O6/c1-14(2,3)25-12(23)20(13(24)26-15(4,5)6)10(11(21)22)9-16(17,18)7-8-19/h10H,7-9,19H2,1-6H3,(H,21,22)/t10-/m0/s1. The summed E-state index contributed by atoms with van der Waals surface area (Å²) in [5, 5.41) is 9.35. The molecule has 152 valence electrons. The highest BCUT2D eigenvalue weighted by Crippen LogP contribution is 2.28. The van der Waals surface area contributed by atoms with Crippen LogP contribution in [0.15, 0.2) is 0 Å². The Morgan fingerprint density at radius 1 is 1.00 bits per heavy atom. The molecule has 0 saturated heterocycles. The second-order valence-corrected chi connectivity index (χ2v) is 7.78. The van der Waals surface area contributed by atoms with E-state index in [2.05, 4.69) is 0 Å². The number of carbonyl (C=O) groups excluding carboxylic acids is 2. The number of amides is 2. The molecule has 0 aliphatic rings. The van der Waals surface area contributed by atoms with E-state index in [1.54, 1.807) is 0 Å². The maximum Gasteiger partial charge on any atom is 0.420 e. The van der Waals surface area contributed by atoms with Crippen LogP contribution in [0.25, 0.3) is 0 Å². The van der Waals surface area contributed by atoms with Crippen LogP contribution in [0, 0.1) is 0 Å². The van der Waals surface area contributed by atoms with Gasteiger partial charge in [-0.2, -0.15) is 4.90 Å². The molecule has 2 amide bonds. The summed E-state index contributed by atoms with van der Waals surface area (Å²) in [6.07, 6.45) is -4.88. The monoisotopic (exact) mass is 382 g/mol.